The van der Waals surface area contributed by atoms with Crippen molar-refractivity contribution in [2.75, 3.05) is 13.1 Å². The molecule has 0 aromatic carbocycles. The number of pyridine rings is 1. The lowest BCUT2D eigenvalue weighted by molar-refractivity contribution is -0.122. The molecule has 0 bridgehead atoms. The van der Waals surface area contributed by atoms with Crippen LogP contribution in [0.1, 0.15) is 25.7 Å². The molecule has 2 aromatic rings. The number of nitrogens with zero attached hydrogens (tertiary/aromatic N) is 4. The molecule has 23 heavy (non-hydrogen) atoms. The molecule has 2 aliphatic rings. The summed E-state index contributed by atoms with van der Waals surface area (Å²) in [6.07, 6.45) is 6.30. The summed E-state index contributed by atoms with van der Waals surface area (Å²) in [7, 11) is 0. The van der Waals surface area contributed by atoms with E-state index in [1.807, 2.05) is 6.07 Å². The quantitative estimate of drug-likeness (QED) is 0.881. The average Bonchev–Trinajstić information content (AvgIpc) is 3.10. The number of carbonyl (C=O) groups is 1. The summed E-state index contributed by atoms with van der Waals surface area (Å²) in [4.78, 5) is 27.0. The van der Waals surface area contributed by atoms with Crippen molar-refractivity contribution in [1.29, 1.82) is 0 Å². The van der Waals surface area contributed by atoms with Crippen LogP contribution in [0.4, 0.5) is 0 Å². The summed E-state index contributed by atoms with van der Waals surface area (Å²) in [6, 6.07) is 6.02. The Hall–Kier alpha value is -2.15. The van der Waals surface area contributed by atoms with Gasteiger partial charge in [0.1, 0.15) is 6.54 Å². The highest BCUT2D eigenvalue weighted by atomic mass is 16.2. The molecular formula is C16H21N5O2. The standard InChI is InChI=1S/C16H21N5O2/c22-15(17-12-7-10-19-8-3-1-5-13(12)19)11-21-16(23)20-9-4-2-6-14(20)18-21/h2,4,6,9,12-13H,1,3,5,7-8,10-11H2,(H,17,22)/t12-,13+/m1/s1. The lowest BCUT2D eigenvalue weighted by Crippen LogP contribution is -2.48. The Bertz CT molecular complexity index is 780. The summed E-state index contributed by atoms with van der Waals surface area (Å²) in [5.74, 6) is -0.132. The van der Waals surface area contributed by atoms with Crippen LogP contribution in [0.5, 0.6) is 0 Å². The van der Waals surface area contributed by atoms with Gasteiger partial charge in [0, 0.05) is 24.8 Å². The van der Waals surface area contributed by atoms with Gasteiger partial charge in [-0.05, 0) is 37.9 Å². The van der Waals surface area contributed by atoms with Gasteiger partial charge in [-0.25, -0.2) is 9.48 Å². The van der Waals surface area contributed by atoms with E-state index in [1.54, 1.807) is 18.3 Å². The van der Waals surface area contributed by atoms with E-state index in [0.717, 1.165) is 25.9 Å². The molecule has 0 radical (unpaired) electrons. The second kappa shape index (κ2) is 5.81. The molecule has 0 aliphatic carbocycles. The molecule has 0 saturated carbocycles. The SMILES string of the molecule is O=C(Cn1nc2ccccn2c1=O)N[C@@H]1CCN2CCCC[C@@H]12. The molecule has 7 heteroatoms. The highest BCUT2D eigenvalue weighted by molar-refractivity contribution is 5.76. The van der Waals surface area contributed by atoms with Gasteiger partial charge >= 0.3 is 5.69 Å². The van der Waals surface area contributed by atoms with Gasteiger partial charge in [-0.1, -0.05) is 12.5 Å². The fourth-order valence-electron chi connectivity index (χ4n) is 3.88. The molecule has 0 unspecified atom stereocenters. The summed E-state index contributed by atoms with van der Waals surface area (Å²) in [5.41, 5.74) is 0.283. The Balaban J connectivity index is 1.45. The van der Waals surface area contributed by atoms with Crippen molar-refractivity contribution in [3.05, 3.63) is 34.9 Å². The summed E-state index contributed by atoms with van der Waals surface area (Å²) in [5, 5.41) is 7.31. The van der Waals surface area contributed by atoms with Gasteiger partial charge in [0.05, 0.1) is 0 Å². The zero-order valence-corrected chi connectivity index (χ0v) is 13.0. The smallest absolute Gasteiger partial charge is 0.350 e. The largest absolute Gasteiger partial charge is 0.350 e. The third-order valence-corrected chi connectivity index (χ3v) is 4.98. The third-order valence-electron chi connectivity index (χ3n) is 4.98. The molecule has 7 nitrogen and oxygen atoms in total. The van der Waals surface area contributed by atoms with Crippen LogP contribution in [-0.4, -0.2) is 50.2 Å². The van der Waals surface area contributed by atoms with E-state index >= 15 is 0 Å². The van der Waals surface area contributed by atoms with E-state index in [0.29, 0.717) is 11.7 Å². The van der Waals surface area contributed by atoms with Crippen LogP contribution >= 0.6 is 0 Å². The molecule has 0 spiro atoms. The van der Waals surface area contributed by atoms with Crippen LogP contribution < -0.4 is 11.0 Å². The van der Waals surface area contributed by atoms with Gasteiger partial charge < -0.3 is 5.32 Å². The van der Waals surface area contributed by atoms with Crippen LogP contribution in [0, 0.1) is 0 Å². The first-order valence-electron chi connectivity index (χ1n) is 8.30. The maximum Gasteiger partial charge on any atom is 0.350 e. The molecular weight excluding hydrogens is 294 g/mol. The first-order chi connectivity index (χ1) is 11.2. The molecule has 2 aliphatic heterocycles. The van der Waals surface area contributed by atoms with Crippen LogP contribution in [0.15, 0.2) is 29.2 Å². The van der Waals surface area contributed by atoms with Gasteiger partial charge in [0.25, 0.3) is 0 Å². The number of carbonyl (C=O) groups excluding carboxylic acids is 1. The second-order valence-electron chi connectivity index (χ2n) is 6.43. The molecule has 2 aromatic heterocycles. The number of aromatic nitrogens is 3. The van der Waals surface area contributed by atoms with E-state index in [4.69, 9.17) is 0 Å². The van der Waals surface area contributed by atoms with Gasteiger partial charge in [-0.3, -0.25) is 14.1 Å². The lowest BCUT2D eigenvalue weighted by atomic mass is 9.99. The van der Waals surface area contributed by atoms with Crippen molar-refractivity contribution in [2.45, 2.75) is 44.3 Å². The van der Waals surface area contributed by atoms with E-state index in [-0.39, 0.29) is 24.2 Å². The molecule has 122 valence electrons. The first kappa shape index (κ1) is 14.4. The Labute approximate surface area is 133 Å². The molecule has 2 fully saturated rings. The topological polar surface area (TPSA) is 71.6 Å². The number of rotatable bonds is 3. The molecule has 1 amide bonds. The number of fused-ring (bicyclic) bond motifs is 2. The van der Waals surface area contributed by atoms with Crippen molar-refractivity contribution < 1.29 is 4.79 Å². The minimum Gasteiger partial charge on any atom is -0.350 e. The minimum absolute atomic E-state index is 0.0241. The predicted octanol–water partition coefficient (Wildman–Crippen LogP) is 0.239. The number of hydrogen-bond donors (Lipinski definition) is 1. The summed E-state index contributed by atoms with van der Waals surface area (Å²) in [6.45, 7) is 2.18. The van der Waals surface area contributed by atoms with Crippen LogP contribution in [0.2, 0.25) is 0 Å². The van der Waals surface area contributed by atoms with Crippen LogP contribution in [0.25, 0.3) is 5.65 Å². The van der Waals surface area contributed by atoms with Gasteiger partial charge in [0.15, 0.2) is 5.65 Å². The third kappa shape index (κ3) is 2.65. The summed E-state index contributed by atoms with van der Waals surface area (Å²) < 4.78 is 2.68. The van der Waals surface area contributed by atoms with Crippen molar-refractivity contribution in [2.24, 2.45) is 0 Å². The van der Waals surface area contributed by atoms with Crippen molar-refractivity contribution in [3.63, 3.8) is 0 Å². The van der Waals surface area contributed by atoms with Crippen molar-refractivity contribution >= 4 is 11.6 Å². The molecule has 2 saturated heterocycles. The first-order valence-corrected chi connectivity index (χ1v) is 8.30. The maximum absolute atomic E-state index is 12.3. The van der Waals surface area contributed by atoms with Crippen LogP contribution in [-0.2, 0) is 11.3 Å². The zero-order chi connectivity index (χ0) is 15.8. The normalized spacial score (nSPS) is 24.7. The maximum atomic E-state index is 12.3. The Kier molecular flexibility index (Phi) is 3.65. The van der Waals surface area contributed by atoms with Crippen molar-refractivity contribution in [1.82, 2.24) is 24.4 Å². The molecule has 4 rings (SSSR count). The number of nitrogens with one attached hydrogen (secondary N) is 1. The number of amides is 1. The van der Waals surface area contributed by atoms with E-state index in [2.05, 4.69) is 15.3 Å². The van der Waals surface area contributed by atoms with Crippen molar-refractivity contribution in [3.8, 4) is 0 Å². The van der Waals surface area contributed by atoms with E-state index < -0.39 is 0 Å². The van der Waals surface area contributed by atoms with Gasteiger partial charge in [0.2, 0.25) is 5.91 Å². The zero-order valence-electron chi connectivity index (χ0n) is 13.0. The molecule has 1 N–H and O–H groups in total. The van der Waals surface area contributed by atoms with Gasteiger partial charge in [-0.2, -0.15) is 0 Å². The lowest BCUT2D eigenvalue weighted by Gasteiger charge is -2.32. The highest BCUT2D eigenvalue weighted by Crippen LogP contribution is 2.27. The summed E-state index contributed by atoms with van der Waals surface area (Å²) >= 11 is 0. The molecule has 2 atom stereocenters. The molecule has 4 heterocycles. The predicted molar refractivity (Wildman–Crippen MR) is 85.2 cm³/mol. The Morgan fingerprint density at radius 3 is 3.04 bits per heavy atom. The number of piperidine rings is 1. The Morgan fingerprint density at radius 1 is 1.26 bits per heavy atom. The monoisotopic (exact) mass is 315 g/mol. The fraction of sp³-hybridized carbons (Fsp3) is 0.562. The van der Waals surface area contributed by atoms with Crippen LogP contribution in [0.3, 0.4) is 0 Å². The average molecular weight is 315 g/mol. The fourth-order valence-corrected chi connectivity index (χ4v) is 3.88. The van der Waals surface area contributed by atoms with E-state index in [9.17, 15) is 9.59 Å². The minimum atomic E-state index is -0.276. The Morgan fingerprint density at radius 2 is 2.17 bits per heavy atom. The van der Waals surface area contributed by atoms with Gasteiger partial charge in [-0.15, -0.1) is 5.10 Å². The second-order valence-corrected chi connectivity index (χ2v) is 6.43. The number of hydrogen-bond acceptors (Lipinski definition) is 4. The van der Waals surface area contributed by atoms with E-state index in [1.165, 1.54) is 21.9 Å². The highest BCUT2D eigenvalue weighted by Gasteiger charge is 2.36.